The van der Waals surface area contributed by atoms with E-state index in [-0.39, 0.29) is 16.7 Å². The van der Waals surface area contributed by atoms with E-state index in [0.717, 1.165) is 19.4 Å². The molecular formula is C18H18N6O2. The molecule has 1 saturated heterocycles. The summed E-state index contributed by atoms with van der Waals surface area (Å²) in [6.07, 6.45) is 6.99. The van der Waals surface area contributed by atoms with Crippen molar-refractivity contribution in [2.75, 3.05) is 23.3 Å². The first-order valence-corrected chi connectivity index (χ1v) is 8.53. The molecule has 0 spiro atoms. The van der Waals surface area contributed by atoms with Crippen molar-refractivity contribution >= 4 is 28.2 Å². The number of nitro groups is 1. The van der Waals surface area contributed by atoms with Crippen molar-refractivity contribution in [3.63, 3.8) is 0 Å². The van der Waals surface area contributed by atoms with Gasteiger partial charge in [-0.1, -0.05) is 0 Å². The number of anilines is 2. The fraction of sp³-hybridized carbons (Fsp3) is 0.278. The molecule has 0 amide bonds. The monoisotopic (exact) mass is 350 g/mol. The second-order valence-corrected chi connectivity index (χ2v) is 6.27. The third-order valence-corrected chi connectivity index (χ3v) is 4.56. The molecule has 1 aromatic carbocycles. The van der Waals surface area contributed by atoms with E-state index in [1.807, 2.05) is 6.07 Å². The number of nitro benzene ring substituents is 1. The Morgan fingerprint density at radius 1 is 1.12 bits per heavy atom. The Balaban J connectivity index is 1.61. The van der Waals surface area contributed by atoms with Crippen molar-refractivity contribution in [2.45, 2.75) is 18.9 Å². The summed E-state index contributed by atoms with van der Waals surface area (Å²) in [5, 5.41) is 15.6. The Hall–Kier alpha value is -3.29. The van der Waals surface area contributed by atoms with E-state index < -0.39 is 0 Å². The van der Waals surface area contributed by atoms with Crippen LogP contribution >= 0.6 is 0 Å². The third-order valence-electron chi connectivity index (χ3n) is 4.56. The predicted molar refractivity (Wildman–Crippen MR) is 99.3 cm³/mol. The molecule has 1 fully saturated rings. The predicted octanol–water partition coefficient (Wildman–Crippen LogP) is 3.01. The highest BCUT2D eigenvalue weighted by atomic mass is 16.6. The van der Waals surface area contributed by atoms with Crippen molar-refractivity contribution < 1.29 is 4.92 Å². The largest absolute Gasteiger partial charge is 0.375 e. The summed E-state index contributed by atoms with van der Waals surface area (Å²) in [6, 6.07) is 8.87. The number of benzene rings is 1. The molecule has 132 valence electrons. The Bertz CT molecular complexity index is 933. The minimum atomic E-state index is -0.340. The molecule has 2 aromatic heterocycles. The van der Waals surface area contributed by atoms with Gasteiger partial charge in [-0.05, 0) is 43.2 Å². The number of nitrogens with zero attached hydrogens (tertiary/aromatic N) is 5. The lowest BCUT2D eigenvalue weighted by molar-refractivity contribution is -0.382. The molecule has 8 nitrogen and oxygen atoms in total. The van der Waals surface area contributed by atoms with Gasteiger partial charge in [0.1, 0.15) is 5.69 Å². The number of hydrogen-bond acceptors (Lipinski definition) is 7. The van der Waals surface area contributed by atoms with E-state index in [2.05, 4.69) is 25.2 Å². The van der Waals surface area contributed by atoms with Crippen LogP contribution in [0.3, 0.4) is 0 Å². The third kappa shape index (κ3) is 3.13. The van der Waals surface area contributed by atoms with Crippen LogP contribution in [0.1, 0.15) is 12.8 Å². The zero-order valence-corrected chi connectivity index (χ0v) is 14.1. The summed E-state index contributed by atoms with van der Waals surface area (Å²) < 4.78 is 0. The van der Waals surface area contributed by atoms with Crippen LogP contribution in [0, 0.1) is 10.1 Å². The highest BCUT2D eigenvalue weighted by molar-refractivity contribution is 5.94. The van der Waals surface area contributed by atoms with Gasteiger partial charge in [-0.25, -0.2) is 9.97 Å². The molecule has 3 aromatic rings. The van der Waals surface area contributed by atoms with Crippen LogP contribution in [0.25, 0.3) is 10.9 Å². The number of piperidine rings is 1. The molecule has 4 rings (SSSR count). The molecular weight excluding hydrogens is 332 g/mol. The van der Waals surface area contributed by atoms with E-state index in [9.17, 15) is 10.1 Å². The van der Waals surface area contributed by atoms with Crippen molar-refractivity contribution in [1.82, 2.24) is 15.0 Å². The van der Waals surface area contributed by atoms with Gasteiger partial charge in [-0.2, -0.15) is 0 Å². The molecule has 0 aliphatic carbocycles. The van der Waals surface area contributed by atoms with Gasteiger partial charge in [0.15, 0.2) is 0 Å². The lowest BCUT2D eigenvalue weighted by atomic mass is 10.0. The summed E-state index contributed by atoms with van der Waals surface area (Å²) in [6.45, 7) is 1.58. The first-order chi connectivity index (χ1) is 12.7. The number of nitrogens with one attached hydrogen (secondary N) is 1. The van der Waals surface area contributed by atoms with E-state index in [1.165, 1.54) is 0 Å². The molecule has 26 heavy (non-hydrogen) atoms. The summed E-state index contributed by atoms with van der Waals surface area (Å²) in [5.41, 5.74) is 1.22. The lowest BCUT2D eigenvalue weighted by Gasteiger charge is -2.33. The highest BCUT2D eigenvalue weighted by Gasteiger charge is 2.25. The normalized spacial score (nSPS) is 17.2. The standard InChI is InChI=1S/C18H18N6O2/c25-24(26)17-14-5-1-8-19-15(14)6-7-16(17)22-13-4-2-11-23(12-13)18-20-9-3-10-21-18/h1,3,5-10,13,22H,2,4,11-12H2/t13-/m1/s1. The molecule has 1 aliphatic heterocycles. The van der Waals surface area contributed by atoms with Crippen LogP contribution in [0.2, 0.25) is 0 Å². The van der Waals surface area contributed by atoms with E-state index in [0.29, 0.717) is 29.1 Å². The van der Waals surface area contributed by atoms with Gasteiger partial charge in [0.2, 0.25) is 5.95 Å². The van der Waals surface area contributed by atoms with Crippen molar-refractivity contribution in [3.05, 3.63) is 59.0 Å². The molecule has 1 atom stereocenters. The van der Waals surface area contributed by atoms with Crippen molar-refractivity contribution in [2.24, 2.45) is 0 Å². The van der Waals surface area contributed by atoms with E-state index in [1.54, 1.807) is 42.9 Å². The Kier molecular flexibility index (Phi) is 4.30. The number of hydrogen-bond donors (Lipinski definition) is 1. The molecule has 8 heteroatoms. The summed E-state index contributed by atoms with van der Waals surface area (Å²) in [7, 11) is 0. The zero-order chi connectivity index (χ0) is 17.9. The number of aromatic nitrogens is 3. The number of fused-ring (bicyclic) bond motifs is 1. The Morgan fingerprint density at radius 2 is 1.92 bits per heavy atom. The fourth-order valence-corrected chi connectivity index (χ4v) is 3.40. The maximum absolute atomic E-state index is 11.7. The summed E-state index contributed by atoms with van der Waals surface area (Å²) in [5.74, 6) is 0.691. The van der Waals surface area contributed by atoms with E-state index >= 15 is 0 Å². The lowest BCUT2D eigenvalue weighted by Crippen LogP contribution is -2.43. The molecule has 0 saturated carbocycles. The van der Waals surface area contributed by atoms with Gasteiger partial charge in [0.05, 0.1) is 15.8 Å². The number of pyridine rings is 1. The topological polar surface area (TPSA) is 97.1 Å². The van der Waals surface area contributed by atoms with Crippen LogP contribution in [0.4, 0.5) is 17.3 Å². The Morgan fingerprint density at radius 3 is 2.73 bits per heavy atom. The molecule has 0 radical (unpaired) electrons. The van der Waals surface area contributed by atoms with Crippen molar-refractivity contribution in [3.8, 4) is 0 Å². The average Bonchev–Trinajstić information content (AvgIpc) is 2.68. The van der Waals surface area contributed by atoms with Gasteiger partial charge in [0.25, 0.3) is 0 Å². The minimum Gasteiger partial charge on any atom is -0.375 e. The summed E-state index contributed by atoms with van der Waals surface area (Å²) in [4.78, 5) is 26.2. The average molecular weight is 350 g/mol. The van der Waals surface area contributed by atoms with Crippen LogP contribution in [0.5, 0.6) is 0 Å². The fourth-order valence-electron chi connectivity index (χ4n) is 3.40. The van der Waals surface area contributed by atoms with Crippen LogP contribution in [0.15, 0.2) is 48.9 Å². The Labute approximate surface area is 150 Å². The highest BCUT2D eigenvalue weighted by Crippen LogP contribution is 2.33. The SMILES string of the molecule is O=[N+]([O-])c1c(N[C@@H]2CCCN(c3ncccn3)C2)ccc2ncccc12. The first kappa shape index (κ1) is 16.2. The summed E-state index contributed by atoms with van der Waals surface area (Å²) >= 11 is 0. The van der Waals surface area contributed by atoms with Crippen LogP contribution in [-0.4, -0.2) is 39.0 Å². The first-order valence-electron chi connectivity index (χ1n) is 8.53. The maximum atomic E-state index is 11.7. The number of rotatable bonds is 4. The molecule has 1 aliphatic rings. The molecule has 0 bridgehead atoms. The van der Waals surface area contributed by atoms with Gasteiger partial charge >= 0.3 is 5.69 Å². The minimum absolute atomic E-state index is 0.0729. The van der Waals surface area contributed by atoms with Gasteiger partial charge in [-0.3, -0.25) is 15.1 Å². The van der Waals surface area contributed by atoms with E-state index in [4.69, 9.17) is 0 Å². The maximum Gasteiger partial charge on any atom is 0.301 e. The second kappa shape index (κ2) is 6.91. The van der Waals surface area contributed by atoms with Gasteiger partial charge in [-0.15, -0.1) is 0 Å². The van der Waals surface area contributed by atoms with Crippen LogP contribution in [-0.2, 0) is 0 Å². The second-order valence-electron chi connectivity index (χ2n) is 6.27. The molecule has 0 unspecified atom stereocenters. The smallest absolute Gasteiger partial charge is 0.301 e. The molecule has 1 N–H and O–H groups in total. The zero-order valence-electron chi connectivity index (χ0n) is 14.1. The van der Waals surface area contributed by atoms with Gasteiger partial charge < -0.3 is 10.2 Å². The quantitative estimate of drug-likeness (QED) is 0.570. The molecule has 3 heterocycles. The van der Waals surface area contributed by atoms with Crippen LogP contribution < -0.4 is 10.2 Å². The van der Waals surface area contributed by atoms with Crippen molar-refractivity contribution in [1.29, 1.82) is 0 Å². The van der Waals surface area contributed by atoms with Gasteiger partial charge in [0, 0.05) is 37.7 Å².